The molecule has 114 valence electrons. The average molecular weight is 314 g/mol. The van der Waals surface area contributed by atoms with Crippen molar-refractivity contribution in [1.82, 2.24) is 4.90 Å². The van der Waals surface area contributed by atoms with Crippen LogP contribution in [0.3, 0.4) is 0 Å². The Hall–Kier alpha value is -1.62. The molecular formula is C15H17ClFNO3. The van der Waals surface area contributed by atoms with Gasteiger partial charge in [-0.15, -0.1) is 0 Å². The Morgan fingerprint density at radius 2 is 2.24 bits per heavy atom. The van der Waals surface area contributed by atoms with E-state index >= 15 is 0 Å². The summed E-state index contributed by atoms with van der Waals surface area (Å²) in [5.41, 5.74) is 0.666. The van der Waals surface area contributed by atoms with Crippen LogP contribution in [0.4, 0.5) is 9.18 Å². The normalized spacial score (nSPS) is 18.2. The lowest BCUT2D eigenvalue weighted by Gasteiger charge is -2.22. The Balaban J connectivity index is 2.00. The molecule has 1 aliphatic heterocycles. The highest BCUT2D eigenvalue weighted by Crippen LogP contribution is 2.22. The van der Waals surface area contributed by atoms with Crippen molar-refractivity contribution in [2.24, 2.45) is 5.92 Å². The van der Waals surface area contributed by atoms with E-state index in [0.29, 0.717) is 12.0 Å². The van der Waals surface area contributed by atoms with Crippen molar-refractivity contribution in [3.63, 3.8) is 0 Å². The molecule has 0 spiro atoms. The van der Waals surface area contributed by atoms with Crippen molar-refractivity contribution in [2.45, 2.75) is 32.7 Å². The molecule has 1 atom stereocenters. The predicted octanol–water partition coefficient (Wildman–Crippen LogP) is 3.42. The fraction of sp³-hybridized carbons (Fsp3) is 0.467. The number of hydrogen-bond acceptors (Lipinski definition) is 3. The predicted molar refractivity (Wildman–Crippen MR) is 76.6 cm³/mol. The van der Waals surface area contributed by atoms with E-state index in [1.807, 2.05) is 13.8 Å². The van der Waals surface area contributed by atoms with Crippen molar-refractivity contribution in [2.75, 3.05) is 6.61 Å². The third-order valence-corrected chi connectivity index (χ3v) is 3.86. The van der Waals surface area contributed by atoms with Crippen LogP contribution in [0.1, 0.15) is 25.8 Å². The Morgan fingerprint density at radius 1 is 1.52 bits per heavy atom. The number of hydrogen-bond donors (Lipinski definition) is 0. The van der Waals surface area contributed by atoms with Crippen LogP contribution in [-0.2, 0) is 16.0 Å². The first-order valence-electron chi connectivity index (χ1n) is 6.83. The SMILES string of the molecule is CC(C)[C@@H]1COC(=O)N1C(=O)CCc1ccc(Cl)c(F)c1. The van der Waals surface area contributed by atoms with Gasteiger partial charge in [-0.05, 0) is 30.0 Å². The highest BCUT2D eigenvalue weighted by atomic mass is 35.5. The Labute approximate surface area is 127 Å². The molecule has 1 aliphatic rings. The van der Waals surface area contributed by atoms with Crippen LogP contribution in [0, 0.1) is 11.7 Å². The van der Waals surface area contributed by atoms with E-state index in [9.17, 15) is 14.0 Å². The molecule has 0 bridgehead atoms. The number of benzene rings is 1. The minimum atomic E-state index is -0.596. The first kappa shape index (κ1) is 15.8. The maximum Gasteiger partial charge on any atom is 0.416 e. The molecule has 0 aromatic heterocycles. The number of imide groups is 1. The van der Waals surface area contributed by atoms with Crippen molar-refractivity contribution in [1.29, 1.82) is 0 Å². The minimum Gasteiger partial charge on any atom is -0.447 e. The summed E-state index contributed by atoms with van der Waals surface area (Å²) in [6.07, 6.45) is -0.123. The minimum absolute atomic E-state index is 0.0491. The molecule has 0 N–H and O–H groups in total. The second-order valence-electron chi connectivity index (χ2n) is 5.40. The van der Waals surface area contributed by atoms with Gasteiger partial charge in [0.05, 0.1) is 11.1 Å². The molecule has 0 unspecified atom stereocenters. The van der Waals surface area contributed by atoms with Crippen LogP contribution >= 0.6 is 11.6 Å². The van der Waals surface area contributed by atoms with Gasteiger partial charge in [0, 0.05) is 6.42 Å². The number of halogens is 2. The molecule has 1 aromatic carbocycles. The molecule has 1 aromatic rings. The molecule has 1 heterocycles. The molecule has 0 aliphatic carbocycles. The largest absolute Gasteiger partial charge is 0.447 e. The summed E-state index contributed by atoms with van der Waals surface area (Å²) in [5, 5.41) is 0.0491. The first-order valence-corrected chi connectivity index (χ1v) is 7.20. The monoisotopic (exact) mass is 313 g/mol. The van der Waals surface area contributed by atoms with Gasteiger partial charge < -0.3 is 4.74 Å². The summed E-state index contributed by atoms with van der Waals surface area (Å²) >= 11 is 5.61. The van der Waals surface area contributed by atoms with Gasteiger partial charge in [0.2, 0.25) is 5.91 Å². The van der Waals surface area contributed by atoms with E-state index in [1.54, 1.807) is 6.07 Å². The second-order valence-corrected chi connectivity index (χ2v) is 5.81. The summed E-state index contributed by atoms with van der Waals surface area (Å²) in [6.45, 7) is 4.10. The van der Waals surface area contributed by atoms with Crippen LogP contribution in [-0.4, -0.2) is 29.5 Å². The van der Waals surface area contributed by atoms with Gasteiger partial charge in [0.25, 0.3) is 0 Å². The molecule has 0 radical (unpaired) electrons. The lowest BCUT2D eigenvalue weighted by molar-refractivity contribution is -0.129. The van der Waals surface area contributed by atoms with E-state index in [-0.39, 0.29) is 35.9 Å². The summed E-state index contributed by atoms with van der Waals surface area (Å²) in [5.74, 6) is -0.679. The van der Waals surface area contributed by atoms with E-state index in [2.05, 4.69) is 0 Å². The zero-order valence-electron chi connectivity index (χ0n) is 11.9. The number of rotatable bonds is 4. The third kappa shape index (κ3) is 3.53. The fourth-order valence-electron chi connectivity index (χ4n) is 2.28. The van der Waals surface area contributed by atoms with Gasteiger partial charge in [-0.1, -0.05) is 31.5 Å². The number of nitrogens with zero attached hydrogens (tertiary/aromatic N) is 1. The molecule has 2 amide bonds. The second kappa shape index (κ2) is 6.43. The van der Waals surface area contributed by atoms with Gasteiger partial charge in [0.15, 0.2) is 0 Å². The lowest BCUT2D eigenvalue weighted by atomic mass is 10.0. The highest BCUT2D eigenvalue weighted by molar-refractivity contribution is 6.30. The van der Waals surface area contributed by atoms with Crippen molar-refractivity contribution < 1.29 is 18.7 Å². The Kier molecular flexibility index (Phi) is 4.83. The molecule has 1 saturated heterocycles. The van der Waals surface area contributed by atoms with Gasteiger partial charge in [0.1, 0.15) is 12.4 Å². The number of ether oxygens (including phenoxy) is 1. The van der Waals surface area contributed by atoms with Crippen molar-refractivity contribution >= 4 is 23.6 Å². The molecule has 6 heteroatoms. The van der Waals surface area contributed by atoms with Crippen LogP contribution in [0.25, 0.3) is 0 Å². The summed E-state index contributed by atoms with van der Waals surface area (Å²) < 4.78 is 18.3. The number of amides is 2. The van der Waals surface area contributed by atoms with Gasteiger partial charge in [-0.2, -0.15) is 0 Å². The fourth-order valence-corrected chi connectivity index (χ4v) is 2.40. The summed E-state index contributed by atoms with van der Waals surface area (Å²) in [6, 6.07) is 4.20. The average Bonchev–Trinajstić information content (AvgIpc) is 2.82. The Morgan fingerprint density at radius 3 is 2.86 bits per heavy atom. The molecule has 21 heavy (non-hydrogen) atoms. The van der Waals surface area contributed by atoms with E-state index in [4.69, 9.17) is 16.3 Å². The number of cyclic esters (lactones) is 1. The molecule has 4 nitrogen and oxygen atoms in total. The smallest absolute Gasteiger partial charge is 0.416 e. The van der Waals surface area contributed by atoms with E-state index in [0.717, 1.165) is 0 Å². The molecular weight excluding hydrogens is 297 g/mol. The summed E-state index contributed by atoms with van der Waals surface area (Å²) in [4.78, 5) is 25.0. The van der Waals surface area contributed by atoms with Crippen LogP contribution < -0.4 is 0 Å². The van der Waals surface area contributed by atoms with E-state index in [1.165, 1.54) is 17.0 Å². The van der Waals surface area contributed by atoms with E-state index < -0.39 is 11.9 Å². The van der Waals surface area contributed by atoms with Crippen molar-refractivity contribution in [3.8, 4) is 0 Å². The van der Waals surface area contributed by atoms with Gasteiger partial charge in [-0.25, -0.2) is 14.1 Å². The zero-order valence-corrected chi connectivity index (χ0v) is 12.7. The van der Waals surface area contributed by atoms with Crippen LogP contribution in [0.2, 0.25) is 5.02 Å². The number of carbonyl (C=O) groups is 2. The van der Waals surface area contributed by atoms with Gasteiger partial charge in [-0.3, -0.25) is 4.79 Å². The third-order valence-electron chi connectivity index (χ3n) is 3.56. The van der Waals surface area contributed by atoms with Crippen LogP contribution in [0.15, 0.2) is 18.2 Å². The van der Waals surface area contributed by atoms with Gasteiger partial charge >= 0.3 is 6.09 Å². The summed E-state index contributed by atoms with van der Waals surface area (Å²) in [7, 11) is 0. The number of aryl methyl sites for hydroxylation is 1. The maximum absolute atomic E-state index is 13.3. The van der Waals surface area contributed by atoms with Crippen molar-refractivity contribution in [3.05, 3.63) is 34.6 Å². The maximum atomic E-state index is 13.3. The Bertz CT molecular complexity index is 562. The molecule has 1 fully saturated rings. The standard InChI is InChI=1S/C15H17ClFNO3/c1-9(2)13-8-21-15(20)18(13)14(19)6-4-10-3-5-11(16)12(17)7-10/h3,5,7,9,13H,4,6,8H2,1-2H3/t13-/m0/s1. The molecule has 2 rings (SSSR count). The molecule has 0 saturated carbocycles. The lowest BCUT2D eigenvalue weighted by Crippen LogP contribution is -2.41. The zero-order chi connectivity index (χ0) is 15.6. The van der Waals surface area contributed by atoms with Crippen LogP contribution in [0.5, 0.6) is 0 Å². The topological polar surface area (TPSA) is 46.6 Å². The quantitative estimate of drug-likeness (QED) is 0.855. The first-order chi connectivity index (χ1) is 9.90. The number of carbonyl (C=O) groups excluding carboxylic acids is 2. The highest BCUT2D eigenvalue weighted by Gasteiger charge is 2.38.